The highest BCUT2D eigenvalue weighted by Crippen LogP contribution is 2.26. The van der Waals surface area contributed by atoms with Gasteiger partial charge in [0.1, 0.15) is 0 Å². The van der Waals surface area contributed by atoms with Crippen LogP contribution in [0.3, 0.4) is 0 Å². The molecule has 0 aliphatic carbocycles. The van der Waals surface area contributed by atoms with Gasteiger partial charge in [-0.3, -0.25) is 19.5 Å². The molecule has 35 heavy (non-hydrogen) atoms. The zero-order valence-corrected chi connectivity index (χ0v) is 21.8. The van der Waals surface area contributed by atoms with Crippen LogP contribution in [0.15, 0.2) is 42.6 Å². The van der Waals surface area contributed by atoms with Crippen molar-refractivity contribution in [3.05, 3.63) is 59.4 Å². The van der Waals surface area contributed by atoms with Crippen molar-refractivity contribution in [2.24, 2.45) is 5.92 Å². The maximum Gasteiger partial charge on any atom is 0.251 e. The average Bonchev–Trinajstić information content (AvgIpc) is 2.83. The lowest BCUT2D eigenvalue weighted by Crippen LogP contribution is -2.33. The maximum absolute atomic E-state index is 13.0. The highest BCUT2D eigenvalue weighted by Gasteiger charge is 2.20. The van der Waals surface area contributed by atoms with Crippen molar-refractivity contribution in [2.75, 3.05) is 31.1 Å². The second-order valence-electron chi connectivity index (χ2n) is 10.1. The number of carbonyl (C=O) groups is 2. The molecule has 1 N–H and O–H groups in total. The number of pyridine rings is 1. The van der Waals surface area contributed by atoms with Crippen LogP contribution in [0.5, 0.6) is 0 Å². The minimum Gasteiger partial charge on any atom is -0.352 e. The Labute approximate surface area is 211 Å². The molecule has 2 aromatic rings. The first-order valence-electron chi connectivity index (χ1n) is 13.3. The molecule has 0 unspecified atom stereocenters. The van der Waals surface area contributed by atoms with Crippen molar-refractivity contribution >= 4 is 17.5 Å². The topological polar surface area (TPSA) is 65.5 Å². The lowest BCUT2D eigenvalue weighted by molar-refractivity contribution is -0.116. The predicted octanol–water partition coefficient (Wildman–Crippen LogP) is 5.22. The zero-order valence-electron chi connectivity index (χ0n) is 21.8. The molecule has 0 saturated carbocycles. The molecule has 0 spiro atoms. The van der Waals surface area contributed by atoms with Gasteiger partial charge in [0.05, 0.1) is 0 Å². The van der Waals surface area contributed by atoms with Crippen molar-refractivity contribution < 1.29 is 9.59 Å². The van der Waals surface area contributed by atoms with Crippen molar-refractivity contribution in [1.82, 2.24) is 15.2 Å². The first-order valence-corrected chi connectivity index (χ1v) is 13.3. The quantitative estimate of drug-likeness (QED) is 0.593. The Hall–Kier alpha value is -2.73. The van der Waals surface area contributed by atoms with Gasteiger partial charge in [-0.05, 0) is 74.2 Å². The van der Waals surface area contributed by atoms with Gasteiger partial charge in [-0.15, -0.1) is 0 Å². The van der Waals surface area contributed by atoms with Crippen LogP contribution < -0.4 is 10.2 Å². The molecule has 1 aromatic heterocycles. The monoisotopic (exact) mass is 478 g/mol. The van der Waals surface area contributed by atoms with E-state index in [9.17, 15) is 9.59 Å². The second-order valence-corrected chi connectivity index (χ2v) is 10.1. The molecule has 1 aliphatic rings. The average molecular weight is 479 g/mol. The smallest absolute Gasteiger partial charge is 0.251 e. The minimum absolute atomic E-state index is 0.0598. The summed E-state index contributed by atoms with van der Waals surface area (Å²) in [4.78, 5) is 34.3. The van der Waals surface area contributed by atoms with Gasteiger partial charge >= 0.3 is 0 Å². The van der Waals surface area contributed by atoms with Gasteiger partial charge in [-0.2, -0.15) is 0 Å². The molecule has 0 fully saturated rings. The molecular weight excluding hydrogens is 436 g/mol. The van der Waals surface area contributed by atoms with Crippen molar-refractivity contribution in [3.63, 3.8) is 0 Å². The van der Waals surface area contributed by atoms with E-state index < -0.39 is 0 Å². The van der Waals surface area contributed by atoms with E-state index in [4.69, 9.17) is 0 Å². The lowest BCUT2D eigenvalue weighted by Gasteiger charge is -2.29. The Morgan fingerprint density at radius 3 is 2.51 bits per heavy atom. The number of carbonyl (C=O) groups excluding carboxylic acids is 2. The summed E-state index contributed by atoms with van der Waals surface area (Å²) < 4.78 is 0. The van der Waals surface area contributed by atoms with Crippen molar-refractivity contribution in [2.45, 2.75) is 72.3 Å². The number of hydrogen-bond acceptors (Lipinski definition) is 4. The van der Waals surface area contributed by atoms with E-state index in [1.54, 1.807) is 13.1 Å². The number of hydrogen-bond donors (Lipinski definition) is 1. The molecule has 3 rings (SSSR count). The summed E-state index contributed by atoms with van der Waals surface area (Å²) >= 11 is 0. The first-order chi connectivity index (χ1) is 16.9. The van der Waals surface area contributed by atoms with Crippen molar-refractivity contribution in [3.8, 4) is 0 Å². The van der Waals surface area contributed by atoms with Gasteiger partial charge < -0.3 is 10.2 Å². The van der Waals surface area contributed by atoms with Crippen LogP contribution in [0, 0.1) is 5.92 Å². The van der Waals surface area contributed by atoms with Crippen LogP contribution >= 0.6 is 0 Å². The van der Waals surface area contributed by atoms with Crippen LogP contribution in [-0.4, -0.2) is 47.9 Å². The molecule has 1 aliphatic heterocycles. The van der Waals surface area contributed by atoms with Gasteiger partial charge in [0.2, 0.25) is 5.91 Å². The summed E-state index contributed by atoms with van der Waals surface area (Å²) in [6, 6.07) is 11.6. The van der Waals surface area contributed by atoms with E-state index in [-0.39, 0.29) is 11.8 Å². The van der Waals surface area contributed by atoms with E-state index in [0.717, 1.165) is 62.4 Å². The molecule has 6 nitrogen and oxygen atoms in total. The largest absolute Gasteiger partial charge is 0.352 e. The third-order valence-electron chi connectivity index (χ3n) is 6.68. The van der Waals surface area contributed by atoms with E-state index in [0.29, 0.717) is 24.4 Å². The Morgan fingerprint density at radius 1 is 1.03 bits per heavy atom. The molecule has 2 amide bonds. The first kappa shape index (κ1) is 26.9. The number of nitrogens with one attached hydrogen (secondary N) is 1. The predicted molar refractivity (Wildman–Crippen MR) is 143 cm³/mol. The number of nitrogens with zero attached hydrogens (tertiary/aromatic N) is 3. The fraction of sp³-hybridized carbons (Fsp3) is 0.552. The molecule has 2 heterocycles. The third-order valence-corrected chi connectivity index (χ3v) is 6.68. The number of fused-ring (bicyclic) bond motifs is 1. The van der Waals surface area contributed by atoms with Gasteiger partial charge in [0, 0.05) is 56.1 Å². The summed E-state index contributed by atoms with van der Waals surface area (Å²) in [5, 5.41) is 3.04. The van der Waals surface area contributed by atoms with Crippen LogP contribution in [-0.2, 0) is 17.8 Å². The van der Waals surface area contributed by atoms with Gasteiger partial charge in [-0.1, -0.05) is 39.2 Å². The number of aromatic nitrogens is 1. The van der Waals surface area contributed by atoms with E-state index in [1.165, 1.54) is 19.3 Å². The Bertz CT molecular complexity index is 945. The molecule has 1 aromatic carbocycles. The summed E-state index contributed by atoms with van der Waals surface area (Å²) in [5.74, 6) is 0.614. The summed E-state index contributed by atoms with van der Waals surface area (Å²) in [6.45, 7) is 10.2. The van der Waals surface area contributed by atoms with E-state index in [2.05, 4.69) is 29.0 Å². The molecule has 0 bridgehead atoms. The van der Waals surface area contributed by atoms with Gasteiger partial charge in [-0.25, -0.2) is 0 Å². The molecule has 190 valence electrons. The number of benzene rings is 1. The Balaban J connectivity index is 1.81. The minimum atomic E-state index is -0.0852. The van der Waals surface area contributed by atoms with Crippen molar-refractivity contribution in [1.29, 1.82) is 0 Å². The highest BCUT2D eigenvalue weighted by atomic mass is 16.2. The molecule has 0 saturated heterocycles. The van der Waals surface area contributed by atoms with Gasteiger partial charge in [0.15, 0.2) is 0 Å². The Morgan fingerprint density at radius 2 is 1.80 bits per heavy atom. The molecule has 0 atom stereocenters. The number of rotatable bonds is 7. The summed E-state index contributed by atoms with van der Waals surface area (Å²) in [7, 11) is 0. The fourth-order valence-electron chi connectivity index (χ4n) is 4.60. The van der Waals surface area contributed by atoms with Gasteiger partial charge in [0.25, 0.3) is 5.91 Å². The lowest BCUT2D eigenvalue weighted by atomic mass is 10.0. The molecule has 6 heteroatoms. The van der Waals surface area contributed by atoms with Crippen LogP contribution in [0.2, 0.25) is 0 Å². The fourth-order valence-corrected chi connectivity index (χ4v) is 4.60. The normalized spacial score (nSPS) is 15.7. The number of amides is 2. The molecule has 0 radical (unpaired) electrons. The standard InChI is InChI=1S/C29H42N4O2/c1-23(2)15-20-32-18-9-5-4-6-10-19-33(24(3)34)28-13-12-25(21-26(28)22-32)29(35)31-17-14-27-11-7-8-16-30-27/h7-8,11-13,16,21,23H,4-6,9-10,14-15,17-20,22H2,1-3H3,(H,31,35). The van der Waals surface area contributed by atoms with Crippen LogP contribution in [0.25, 0.3) is 0 Å². The molecular formula is C29H42N4O2. The summed E-state index contributed by atoms with van der Waals surface area (Å²) in [6.07, 6.45) is 9.38. The number of anilines is 1. The van der Waals surface area contributed by atoms with E-state index >= 15 is 0 Å². The maximum atomic E-state index is 13.0. The van der Waals surface area contributed by atoms with E-state index in [1.807, 2.05) is 41.3 Å². The Kier molecular flexibility index (Phi) is 10.7. The van der Waals surface area contributed by atoms with Crippen LogP contribution in [0.4, 0.5) is 5.69 Å². The second kappa shape index (κ2) is 14.0. The third kappa shape index (κ3) is 8.77. The highest BCUT2D eigenvalue weighted by molar-refractivity contribution is 5.97. The zero-order chi connectivity index (χ0) is 25.0. The van der Waals surface area contributed by atoms with Crippen LogP contribution in [0.1, 0.15) is 80.9 Å². The SMILES string of the molecule is CC(=O)N1CCCCCCCN(CCC(C)C)Cc2cc(C(=O)NCCc3ccccn3)ccc21. The summed E-state index contributed by atoms with van der Waals surface area (Å²) in [5.41, 5.74) is 3.60.